The van der Waals surface area contributed by atoms with Gasteiger partial charge in [0.15, 0.2) is 6.10 Å². The molecule has 14 nitrogen and oxygen atoms in total. The zero-order valence-corrected chi connectivity index (χ0v) is 33.4. The Morgan fingerprint density at radius 2 is 1.75 bits per heavy atom. The first-order chi connectivity index (χ1) is 24.9. The molecule has 1 aromatic heterocycles. The molecule has 6 N–H and O–H groups in total. The van der Waals surface area contributed by atoms with Crippen LogP contribution in [0.25, 0.3) is 0 Å². The fourth-order valence-corrected chi connectivity index (χ4v) is 7.53. The van der Waals surface area contributed by atoms with Crippen LogP contribution in [0.1, 0.15) is 101 Å². The zero-order chi connectivity index (χ0) is 39.6. The zero-order valence-electron chi connectivity index (χ0n) is 32.6. The molecule has 1 saturated heterocycles. The van der Waals surface area contributed by atoms with Crippen molar-refractivity contribution in [1.82, 2.24) is 30.7 Å². The van der Waals surface area contributed by atoms with E-state index in [1.807, 2.05) is 58.7 Å². The molecular formula is C38H59N7O7S. The van der Waals surface area contributed by atoms with Crippen LogP contribution < -0.4 is 21.7 Å². The molecule has 0 bridgehead atoms. The van der Waals surface area contributed by atoms with E-state index in [0.717, 1.165) is 29.9 Å². The Kier molecular flexibility index (Phi) is 15.6. The van der Waals surface area contributed by atoms with E-state index >= 15 is 0 Å². The molecule has 0 aliphatic carbocycles. The van der Waals surface area contributed by atoms with Crippen molar-refractivity contribution in [1.29, 1.82) is 0 Å². The number of aromatic nitrogens is 1. The van der Waals surface area contributed by atoms with E-state index < -0.39 is 53.7 Å². The number of aliphatic carboxylic acids is 1. The van der Waals surface area contributed by atoms with Gasteiger partial charge in [-0.05, 0) is 75.7 Å². The molecule has 0 radical (unpaired) electrons. The number of alkyl carbamates (subject to hydrolysis) is 1. The highest BCUT2D eigenvalue weighted by Crippen LogP contribution is 2.32. The Bertz CT molecular complexity index is 1570. The molecule has 1 aromatic carbocycles. The standard InChI is InChI=1S/C38H59N7O7S/c1-10-23(4)31(43-36(50)38(6)16-11-17-44(38)8)34(47)45(9)29(22(2)3)20-30(52-37(51)40-7)33-42-28(21-53-33)32(46)41-27(18-24(5)35(48)49)19-25-12-14-26(39)15-13-25/h12-15,21-24,27,29-31H,10-11,16-20,39H2,1-9H3,(H,40,51)(H,41,46)(H,43,50)(H,48,49)/t23-,24-,27+,29+,30+,31-,38+/m0/s1. The van der Waals surface area contributed by atoms with Gasteiger partial charge in [-0.3, -0.25) is 24.1 Å². The van der Waals surface area contributed by atoms with Crippen molar-refractivity contribution in [2.45, 2.75) is 110 Å². The fourth-order valence-electron chi connectivity index (χ4n) is 6.69. The summed E-state index contributed by atoms with van der Waals surface area (Å²) in [4.78, 5) is 73.9. The van der Waals surface area contributed by atoms with Crippen molar-refractivity contribution in [2.75, 3.05) is 33.4 Å². The van der Waals surface area contributed by atoms with Crippen molar-refractivity contribution in [3.8, 4) is 0 Å². The van der Waals surface area contributed by atoms with Gasteiger partial charge in [0.2, 0.25) is 11.8 Å². The lowest BCUT2D eigenvalue weighted by atomic mass is 9.91. The van der Waals surface area contributed by atoms with Crippen LogP contribution in [0.5, 0.6) is 0 Å². The highest BCUT2D eigenvalue weighted by atomic mass is 32.1. The molecule has 1 aliphatic heterocycles. The molecule has 2 aromatic rings. The van der Waals surface area contributed by atoms with Gasteiger partial charge in [0.05, 0.1) is 11.5 Å². The van der Waals surface area contributed by atoms with Crippen molar-refractivity contribution < 1.29 is 33.8 Å². The number of anilines is 1. The first kappa shape index (κ1) is 43.2. The number of hydrogen-bond acceptors (Lipinski definition) is 10. The number of nitrogens with two attached hydrogens (primary N) is 1. The van der Waals surface area contributed by atoms with Crippen LogP contribution in [0.4, 0.5) is 10.5 Å². The molecule has 53 heavy (non-hydrogen) atoms. The Labute approximate surface area is 317 Å². The lowest BCUT2D eigenvalue weighted by Gasteiger charge is -2.38. The van der Waals surface area contributed by atoms with Gasteiger partial charge in [-0.2, -0.15) is 0 Å². The number of rotatable bonds is 18. The summed E-state index contributed by atoms with van der Waals surface area (Å²) in [6.07, 6.45) is 1.42. The second-order valence-corrected chi connectivity index (χ2v) is 15.8. The number of thiazole rings is 1. The topological polar surface area (TPSA) is 196 Å². The van der Waals surface area contributed by atoms with Crippen molar-refractivity contribution >= 4 is 46.8 Å². The SMILES string of the molecule is CC[C@H](C)[C@H](NC(=O)[C@@]1(C)CCCN1C)C(=O)N(C)[C@H](C[C@@H](OC(=O)NC)c1nc(C(=O)N[C@@H](Cc2ccc(N)cc2)C[C@H](C)C(=O)O)cs1)C(C)C. The fraction of sp³-hybridized carbons (Fsp3) is 0.632. The molecule has 4 amide bonds. The summed E-state index contributed by atoms with van der Waals surface area (Å²) in [6, 6.07) is 5.46. The van der Waals surface area contributed by atoms with Gasteiger partial charge < -0.3 is 36.4 Å². The molecule has 3 rings (SSSR count). The molecule has 0 unspecified atom stereocenters. The molecule has 0 spiro atoms. The predicted molar refractivity (Wildman–Crippen MR) is 205 cm³/mol. The predicted octanol–water partition coefficient (Wildman–Crippen LogP) is 4.46. The number of benzene rings is 1. The Morgan fingerprint density at radius 1 is 1.09 bits per heavy atom. The Morgan fingerprint density at radius 3 is 2.30 bits per heavy atom. The first-order valence-corrected chi connectivity index (χ1v) is 19.3. The monoisotopic (exact) mass is 757 g/mol. The van der Waals surface area contributed by atoms with Crippen molar-refractivity contribution in [2.24, 2.45) is 17.8 Å². The van der Waals surface area contributed by atoms with E-state index in [9.17, 15) is 29.1 Å². The number of nitrogens with one attached hydrogen (secondary N) is 3. The van der Waals surface area contributed by atoms with E-state index in [1.165, 1.54) is 7.05 Å². The number of carbonyl (C=O) groups excluding carboxylic acids is 4. The van der Waals surface area contributed by atoms with Gasteiger partial charge in [-0.25, -0.2) is 9.78 Å². The number of nitrogens with zero attached hydrogens (tertiary/aromatic N) is 3. The minimum Gasteiger partial charge on any atom is -0.481 e. The summed E-state index contributed by atoms with van der Waals surface area (Å²) in [5.41, 5.74) is 6.70. The molecule has 294 valence electrons. The second-order valence-electron chi connectivity index (χ2n) is 14.9. The maximum atomic E-state index is 14.3. The highest BCUT2D eigenvalue weighted by molar-refractivity contribution is 7.09. The third-order valence-corrected chi connectivity index (χ3v) is 11.6. The van der Waals surface area contributed by atoms with E-state index in [0.29, 0.717) is 30.0 Å². The number of carboxylic acids is 1. The lowest BCUT2D eigenvalue weighted by Crippen LogP contribution is -2.60. The Balaban J connectivity index is 1.85. The van der Waals surface area contributed by atoms with Crippen LogP contribution >= 0.6 is 11.3 Å². The number of ether oxygens (including phenoxy) is 1. The summed E-state index contributed by atoms with van der Waals surface area (Å²) in [5.74, 6) is -2.81. The lowest BCUT2D eigenvalue weighted by molar-refractivity contribution is -0.142. The molecule has 1 aliphatic rings. The number of likely N-dealkylation sites (N-methyl/N-ethyl adjacent to an activating group) is 2. The molecule has 0 saturated carbocycles. The third kappa shape index (κ3) is 11.4. The van der Waals surface area contributed by atoms with Gasteiger partial charge in [0, 0.05) is 43.7 Å². The number of carboxylic acid groups (broad SMARTS) is 1. The quantitative estimate of drug-likeness (QED) is 0.136. The number of likely N-dealkylation sites (tertiary alicyclic amines) is 1. The van der Waals surface area contributed by atoms with Gasteiger partial charge in [0.25, 0.3) is 5.91 Å². The summed E-state index contributed by atoms with van der Waals surface area (Å²) in [6.45, 7) is 12.2. The number of nitrogen functional groups attached to an aromatic ring is 1. The minimum absolute atomic E-state index is 0.0837. The van der Waals surface area contributed by atoms with Crippen LogP contribution in [0.3, 0.4) is 0 Å². The number of hydrogen-bond donors (Lipinski definition) is 5. The highest BCUT2D eigenvalue weighted by Gasteiger charge is 2.44. The summed E-state index contributed by atoms with van der Waals surface area (Å²) in [5, 5.41) is 20.0. The molecule has 15 heteroatoms. The van der Waals surface area contributed by atoms with Crippen LogP contribution in [-0.2, 0) is 25.5 Å². The maximum Gasteiger partial charge on any atom is 0.407 e. The third-order valence-electron chi connectivity index (χ3n) is 10.7. The smallest absolute Gasteiger partial charge is 0.407 e. The van der Waals surface area contributed by atoms with Crippen LogP contribution in [-0.4, -0.2) is 101 Å². The van der Waals surface area contributed by atoms with E-state index in [2.05, 4.69) is 20.9 Å². The minimum atomic E-state index is -0.969. The summed E-state index contributed by atoms with van der Waals surface area (Å²) < 4.78 is 5.80. The van der Waals surface area contributed by atoms with Crippen LogP contribution in [0, 0.1) is 17.8 Å². The van der Waals surface area contributed by atoms with E-state index in [-0.39, 0.29) is 42.2 Å². The van der Waals surface area contributed by atoms with Crippen LogP contribution in [0.2, 0.25) is 0 Å². The Hall–Kier alpha value is -4.24. The van der Waals surface area contributed by atoms with Gasteiger partial charge in [0.1, 0.15) is 16.7 Å². The van der Waals surface area contributed by atoms with E-state index in [4.69, 9.17) is 10.5 Å². The summed E-state index contributed by atoms with van der Waals surface area (Å²) in [7, 11) is 5.07. The first-order valence-electron chi connectivity index (χ1n) is 18.4. The number of amides is 4. The average molecular weight is 758 g/mol. The van der Waals surface area contributed by atoms with E-state index in [1.54, 1.807) is 36.4 Å². The normalized spacial score (nSPS) is 19.4. The van der Waals surface area contributed by atoms with Gasteiger partial charge in [-0.15, -0.1) is 11.3 Å². The largest absolute Gasteiger partial charge is 0.481 e. The van der Waals surface area contributed by atoms with Gasteiger partial charge in [-0.1, -0.05) is 53.2 Å². The van der Waals surface area contributed by atoms with Crippen molar-refractivity contribution in [3.05, 3.63) is 45.9 Å². The molecule has 1 fully saturated rings. The van der Waals surface area contributed by atoms with Crippen LogP contribution in [0.15, 0.2) is 29.6 Å². The second kappa shape index (κ2) is 19.2. The van der Waals surface area contributed by atoms with Crippen molar-refractivity contribution in [3.63, 3.8) is 0 Å². The average Bonchev–Trinajstić information content (AvgIpc) is 3.75. The molecule has 7 atom stereocenters. The summed E-state index contributed by atoms with van der Waals surface area (Å²) >= 11 is 1.15. The maximum absolute atomic E-state index is 14.3. The molecular weight excluding hydrogens is 699 g/mol. The molecule has 2 heterocycles. The number of carbonyl (C=O) groups is 5. The van der Waals surface area contributed by atoms with Gasteiger partial charge >= 0.3 is 12.1 Å².